The number of carbonyl (C=O) groups excluding carboxylic acids is 3. The van der Waals surface area contributed by atoms with Gasteiger partial charge >= 0.3 is 12.0 Å². The highest BCUT2D eigenvalue weighted by molar-refractivity contribution is 7.90. The van der Waals surface area contributed by atoms with Crippen LogP contribution < -0.4 is 20.1 Å². The van der Waals surface area contributed by atoms with Gasteiger partial charge in [0.15, 0.2) is 0 Å². The number of nitrogens with zero attached hydrogens (tertiary/aromatic N) is 2. The maximum Gasteiger partial charge on any atom is 0.339 e. The molecule has 0 atom stereocenters. The van der Waals surface area contributed by atoms with Crippen LogP contribution in [0.4, 0.5) is 16.4 Å². The van der Waals surface area contributed by atoms with Crippen LogP contribution in [0.15, 0.2) is 35.4 Å². The maximum atomic E-state index is 12.8. The van der Waals surface area contributed by atoms with Gasteiger partial charge in [-0.2, -0.15) is 4.98 Å². The molecule has 0 aliphatic rings. The third-order valence-corrected chi connectivity index (χ3v) is 5.37. The van der Waals surface area contributed by atoms with Crippen LogP contribution in [-0.4, -0.2) is 54.3 Å². The average molecular weight is 527 g/mol. The summed E-state index contributed by atoms with van der Waals surface area (Å²) < 4.78 is 34.4. The van der Waals surface area contributed by atoms with Crippen LogP contribution in [0.1, 0.15) is 10.4 Å². The molecule has 0 aliphatic carbocycles. The number of ether oxygens (including phenoxy) is 2. The van der Waals surface area contributed by atoms with Crippen LogP contribution in [0.2, 0.25) is 0 Å². The summed E-state index contributed by atoms with van der Waals surface area (Å²) in [4.78, 5) is 42.9. The van der Waals surface area contributed by atoms with Crippen molar-refractivity contribution < 1.29 is 32.3 Å². The van der Waals surface area contributed by atoms with E-state index in [0.717, 1.165) is 19.2 Å². The van der Waals surface area contributed by atoms with Gasteiger partial charge in [-0.25, -0.2) is 27.7 Å². The molecule has 0 fully saturated rings. The molecule has 0 saturated carbocycles. The second kappa shape index (κ2) is 10.2. The molecular weight excluding hydrogens is 513 g/mol. The minimum atomic E-state index is -4.67. The third-order valence-electron chi connectivity index (χ3n) is 3.48. The van der Waals surface area contributed by atoms with Crippen molar-refractivity contribution in [3.05, 3.63) is 36.0 Å². The zero-order chi connectivity index (χ0) is 24.1. The van der Waals surface area contributed by atoms with Gasteiger partial charge in [0, 0.05) is 18.0 Å². The summed E-state index contributed by atoms with van der Waals surface area (Å²) in [5, 5.41) is 4.27. The van der Waals surface area contributed by atoms with E-state index in [1.807, 2.05) is 0 Å². The van der Waals surface area contributed by atoms with Gasteiger partial charge in [-0.3, -0.25) is 10.1 Å². The predicted octanol–water partition coefficient (Wildman–Crippen LogP) is 2.09. The van der Waals surface area contributed by atoms with E-state index in [-0.39, 0.29) is 17.5 Å². The van der Waals surface area contributed by atoms with Gasteiger partial charge in [0.25, 0.3) is 19.7 Å². The quantitative estimate of drug-likeness (QED) is 0.377. The molecule has 172 valence electrons. The van der Waals surface area contributed by atoms with Gasteiger partial charge in [0.05, 0.1) is 19.8 Å². The number of methoxy groups -OCH3 is 2. The zero-order valence-corrected chi connectivity index (χ0v) is 19.3. The third kappa shape index (κ3) is 6.56. The van der Waals surface area contributed by atoms with E-state index >= 15 is 0 Å². The van der Waals surface area contributed by atoms with Gasteiger partial charge in [-0.1, -0.05) is 34.8 Å². The van der Waals surface area contributed by atoms with Crippen LogP contribution >= 0.6 is 34.8 Å². The Bertz CT molecular complexity index is 1150. The summed E-state index contributed by atoms with van der Waals surface area (Å²) in [6, 6.07) is 3.24. The van der Waals surface area contributed by atoms with E-state index in [2.05, 4.69) is 25.3 Å². The number of halogens is 3. The number of amides is 3. The summed E-state index contributed by atoms with van der Waals surface area (Å²) in [5.74, 6) is -2.25. The fourth-order valence-electron chi connectivity index (χ4n) is 2.12. The molecule has 1 aromatic heterocycles. The van der Waals surface area contributed by atoms with Gasteiger partial charge in [0.2, 0.25) is 11.8 Å². The number of hydrogen-bond acceptors (Lipinski definition) is 9. The largest absolute Gasteiger partial charge is 0.481 e. The topological polar surface area (TPSA) is 166 Å². The second-order valence-electron chi connectivity index (χ2n) is 5.64. The molecule has 0 saturated heterocycles. The fourth-order valence-corrected chi connectivity index (χ4v) is 3.39. The van der Waals surface area contributed by atoms with Crippen LogP contribution in [0.5, 0.6) is 5.88 Å². The Kier molecular flexibility index (Phi) is 8.07. The second-order valence-corrected chi connectivity index (χ2v) is 9.57. The van der Waals surface area contributed by atoms with Crippen molar-refractivity contribution in [2.75, 3.05) is 24.9 Å². The minimum Gasteiger partial charge on any atom is -0.481 e. The average Bonchev–Trinajstić information content (AvgIpc) is 2.72. The lowest BCUT2D eigenvalue weighted by molar-refractivity contribution is -0.115. The smallest absolute Gasteiger partial charge is 0.339 e. The Morgan fingerprint density at radius 1 is 1.06 bits per heavy atom. The number of aromatic nitrogens is 2. The summed E-state index contributed by atoms with van der Waals surface area (Å²) >= 11 is 16.4. The maximum absolute atomic E-state index is 12.8. The molecule has 3 N–H and O–H groups in total. The van der Waals surface area contributed by atoms with E-state index in [1.54, 1.807) is 4.72 Å². The predicted molar refractivity (Wildman–Crippen MR) is 115 cm³/mol. The molecule has 0 unspecified atom stereocenters. The Hall–Kier alpha value is -2.87. The highest BCUT2D eigenvalue weighted by Crippen LogP contribution is 2.29. The molecule has 0 radical (unpaired) electrons. The number of carbonyl (C=O) groups is 3. The minimum absolute atomic E-state index is 0.114. The van der Waals surface area contributed by atoms with Crippen molar-refractivity contribution in [2.45, 2.75) is 8.69 Å². The lowest BCUT2D eigenvalue weighted by Gasteiger charge is -2.15. The molecule has 32 heavy (non-hydrogen) atoms. The van der Waals surface area contributed by atoms with Gasteiger partial charge < -0.3 is 14.8 Å². The summed E-state index contributed by atoms with van der Waals surface area (Å²) in [6.45, 7) is 0. The molecule has 1 heterocycles. The summed E-state index contributed by atoms with van der Waals surface area (Å²) in [5.41, 5.74) is -0.580. The van der Waals surface area contributed by atoms with Crippen molar-refractivity contribution in [3.63, 3.8) is 0 Å². The standard InChI is InChI=1S/C16H14Cl3N5O7S/c1-30-11-5-6-20-14(22-11)23-15(27)24-32(28,29)10-7-8(21-13(26)16(17,18)19)3-4-9(10)12(25)31-2/h3-7H,1-2H3,(H,21,26)(H2,20,22,23,24,27). The fraction of sp³-hybridized carbons (Fsp3) is 0.188. The first-order valence-electron chi connectivity index (χ1n) is 8.18. The highest BCUT2D eigenvalue weighted by Gasteiger charge is 2.32. The van der Waals surface area contributed by atoms with Crippen molar-refractivity contribution >= 4 is 74.4 Å². The Labute approximate surface area is 196 Å². The van der Waals surface area contributed by atoms with Gasteiger partial charge in [-0.05, 0) is 18.2 Å². The molecule has 2 aromatic rings. The van der Waals surface area contributed by atoms with Crippen molar-refractivity contribution in [3.8, 4) is 5.88 Å². The summed E-state index contributed by atoms with van der Waals surface area (Å²) in [6.07, 6.45) is 1.27. The SMILES string of the molecule is COC(=O)c1ccc(NC(=O)C(Cl)(Cl)Cl)cc1S(=O)(=O)NC(=O)Nc1nccc(OC)n1. The van der Waals surface area contributed by atoms with Crippen molar-refractivity contribution in [1.29, 1.82) is 0 Å². The number of sulfonamides is 1. The van der Waals surface area contributed by atoms with E-state index in [0.29, 0.717) is 0 Å². The normalized spacial score (nSPS) is 11.3. The number of nitrogens with one attached hydrogen (secondary N) is 3. The van der Waals surface area contributed by atoms with E-state index in [4.69, 9.17) is 39.5 Å². The number of anilines is 2. The Morgan fingerprint density at radius 3 is 2.34 bits per heavy atom. The monoisotopic (exact) mass is 525 g/mol. The van der Waals surface area contributed by atoms with Crippen LogP contribution in [0.3, 0.4) is 0 Å². The van der Waals surface area contributed by atoms with E-state index < -0.39 is 42.2 Å². The van der Waals surface area contributed by atoms with E-state index in [1.165, 1.54) is 25.4 Å². The molecular formula is C16H14Cl3N5O7S. The van der Waals surface area contributed by atoms with E-state index in [9.17, 15) is 22.8 Å². The molecule has 3 amide bonds. The zero-order valence-electron chi connectivity index (χ0n) is 16.2. The Balaban J connectivity index is 2.35. The summed E-state index contributed by atoms with van der Waals surface area (Å²) in [7, 11) is -2.32. The molecule has 12 nitrogen and oxygen atoms in total. The number of alkyl halides is 3. The van der Waals surface area contributed by atoms with Crippen LogP contribution in [0, 0.1) is 0 Å². The Morgan fingerprint density at radius 2 is 1.75 bits per heavy atom. The number of hydrogen-bond donors (Lipinski definition) is 3. The number of esters is 1. The number of urea groups is 1. The first-order chi connectivity index (χ1) is 14.9. The molecule has 0 bridgehead atoms. The molecule has 2 rings (SSSR count). The molecule has 16 heteroatoms. The molecule has 0 aliphatic heterocycles. The molecule has 0 spiro atoms. The number of rotatable bonds is 6. The molecule has 1 aromatic carbocycles. The van der Waals surface area contributed by atoms with Crippen molar-refractivity contribution in [2.24, 2.45) is 0 Å². The van der Waals surface area contributed by atoms with Crippen LogP contribution in [-0.2, 0) is 19.6 Å². The van der Waals surface area contributed by atoms with Gasteiger partial charge in [0.1, 0.15) is 4.90 Å². The lowest BCUT2D eigenvalue weighted by atomic mass is 10.2. The number of benzene rings is 1. The van der Waals surface area contributed by atoms with Crippen LogP contribution in [0.25, 0.3) is 0 Å². The van der Waals surface area contributed by atoms with Gasteiger partial charge in [-0.15, -0.1) is 0 Å². The first kappa shape index (κ1) is 25.4. The highest BCUT2D eigenvalue weighted by atomic mass is 35.6. The lowest BCUT2D eigenvalue weighted by Crippen LogP contribution is -2.35. The van der Waals surface area contributed by atoms with Crippen molar-refractivity contribution in [1.82, 2.24) is 14.7 Å². The first-order valence-corrected chi connectivity index (χ1v) is 10.8.